The molecule has 104 valence electrons. The van der Waals surface area contributed by atoms with Crippen LogP contribution in [0.3, 0.4) is 0 Å². The number of hydrogen-bond donors (Lipinski definition) is 0. The lowest BCUT2D eigenvalue weighted by Gasteiger charge is -2.29. The summed E-state index contributed by atoms with van der Waals surface area (Å²) in [5, 5.41) is 0. The molecule has 0 saturated heterocycles. The van der Waals surface area contributed by atoms with E-state index >= 15 is 0 Å². The Morgan fingerprint density at radius 2 is 2.00 bits per heavy atom. The van der Waals surface area contributed by atoms with E-state index in [1.807, 2.05) is 6.07 Å². The quantitative estimate of drug-likeness (QED) is 0.829. The normalized spacial score (nSPS) is 20.2. The zero-order valence-electron chi connectivity index (χ0n) is 12.2. The largest absolute Gasteiger partial charge is 0.493 e. The Labute approximate surface area is 115 Å². The topological polar surface area (TPSA) is 27.7 Å². The van der Waals surface area contributed by atoms with Crippen molar-refractivity contribution in [1.29, 1.82) is 0 Å². The fourth-order valence-corrected chi connectivity index (χ4v) is 2.91. The highest BCUT2D eigenvalue weighted by Gasteiger charge is 2.28. The fraction of sp³-hybridized carbons (Fsp3) is 0.500. The lowest BCUT2D eigenvalue weighted by molar-refractivity contribution is 0.173. The van der Waals surface area contributed by atoms with Gasteiger partial charge in [0.25, 0.3) is 0 Å². The van der Waals surface area contributed by atoms with Gasteiger partial charge >= 0.3 is 0 Å². The highest BCUT2D eigenvalue weighted by Crippen LogP contribution is 2.46. The van der Waals surface area contributed by atoms with Crippen molar-refractivity contribution in [2.75, 3.05) is 27.9 Å². The molecule has 1 aromatic carbocycles. The van der Waals surface area contributed by atoms with Crippen molar-refractivity contribution < 1.29 is 14.2 Å². The summed E-state index contributed by atoms with van der Waals surface area (Å²) in [6.45, 7) is 2.81. The smallest absolute Gasteiger partial charge is 0.164 e. The van der Waals surface area contributed by atoms with E-state index in [0.717, 1.165) is 24.3 Å². The van der Waals surface area contributed by atoms with E-state index < -0.39 is 0 Å². The van der Waals surface area contributed by atoms with Crippen LogP contribution in [0, 0.1) is 0 Å². The Morgan fingerprint density at radius 1 is 1.21 bits per heavy atom. The third-order valence-electron chi connectivity index (χ3n) is 3.82. The van der Waals surface area contributed by atoms with Crippen molar-refractivity contribution in [3.63, 3.8) is 0 Å². The lowest BCUT2D eigenvalue weighted by Crippen LogP contribution is -2.15. The van der Waals surface area contributed by atoms with E-state index in [-0.39, 0.29) is 0 Å². The van der Waals surface area contributed by atoms with Crippen LogP contribution in [0.4, 0.5) is 0 Å². The van der Waals surface area contributed by atoms with E-state index in [4.69, 9.17) is 14.2 Å². The zero-order chi connectivity index (χ0) is 13.8. The molecule has 0 radical (unpaired) electrons. The molecule has 2 rings (SSSR count). The maximum atomic E-state index is 5.60. The molecular weight excluding hydrogens is 240 g/mol. The summed E-state index contributed by atoms with van der Waals surface area (Å²) in [6.07, 6.45) is 4.37. The molecule has 1 aliphatic carbocycles. The van der Waals surface area contributed by atoms with Crippen LogP contribution < -0.4 is 9.47 Å². The molecule has 0 aliphatic heterocycles. The van der Waals surface area contributed by atoms with Gasteiger partial charge in [-0.1, -0.05) is 12.1 Å². The molecule has 0 bridgehead atoms. The molecular formula is C16H22O3. The maximum absolute atomic E-state index is 5.60. The Hall–Kier alpha value is -1.48. The van der Waals surface area contributed by atoms with Gasteiger partial charge in [-0.15, -0.1) is 0 Å². The minimum Gasteiger partial charge on any atom is -0.493 e. The van der Waals surface area contributed by atoms with Gasteiger partial charge in [0.1, 0.15) is 0 Å². The van der Waals surface area contributed by atoms with Crippen molar-refractivity contribution in [1.82, 2.24) is 0 Å². The monoisotopic (exact) mass is 262 g/mol. The summed E-state index contributed by atoms with van der Waals surface area (Å²) in [7, 11) is 5.12. The first kappa shape index (κ1) is 13.9. The maximum Gasteiger partial charge on any atom is 0.164 e. The second-order valence-electron chi connectivity index (χ2n) is 4.77. The highest BCUT2D eigenvalue weighted by atomic mass is 16.5. The molecule has 0 spiro atoms. The van der Waals surface area contributed by atoms with Gasteiger partial charge in [-0.3, -0.25) is 0 Å². The standard InChI is InChI=1S/C16H22O3/c1-5-11-6-7-12(10-17-2)15-13(11)8-9-14(18-3)16(15)19-4/h5,8-9,12H,6-7,10H2,1-4H3/b11-5+/t12-/m0/s1. The Bertz CT molecular complexity index is 477. The minimum absolute atomic E-state index is 0.369. The van der Waals surface area contributed by atoms with Gasteiger partial charge in [0.2, 0.25) is 0 Å². The van der Waals surface area contributed by atoms with Gasteiger partial charge in [-0.2, -0.15) is 0 Å². The van der Waals surface area contributed by atoms with Crippen LogP contribution in [-0.2, 0) is 4.74 Å². The molecule has 1 atom stereocenters. The average molecular weight is 262 g/mol. The Morgan fingerprint density at radius 3 is 2.58 bits per heavy atom. The molecule has 0 aromatic heterocycles. The summed E-state index contributed by atoms with van der Waals surface area (Å²) in [6, 6.07) is 4.12. The van der Waals surface area contributed by atoms with Crippen molar-refractivity contribution in [2.24, 2.45) is 0 Å². The molecule has 0 heterocycles. The van der Waals surface area contributed by atoms with E-state index in [0.29, 0.717) is 12.5 Å². The van der Waals surface area contributed by atoms with Crippen LogP contribution in [0.2, 0.25) is 0 Å². The van der Waals surface area contributed by atoms with Gasteiger partial charge < -0.3 is 14.2 Å². The fourth-order valence-electron chi connectivity index (χ4n) is 2.91. The van der Waals surface area contributed by atoms with Gasteiger partial charge in [0.05, 0.1) is 20.8 Å². The molecule has 3 nitrogen and oxygen atoms in total. The first-order valence-corrected chi connectivity index (χ1v) is 6.66. The van der Waals surface area contributed by atoms with Gasteiger partial charge in [0.15, 0.2) is 11.5 Å². The summed E-state index contributed by atoms with van der Waals surface area (Å²) < 4.78 is 16.4. The molecule has 0 unspecified atom stereocenters. The number of methoxy groups -OCH3 is 3. The number of hydrogen-bond acceptors (Lipinski definition) is 3. The summed E-state index contributed by atoms with van der Waals surface area (Å²) in [5.74, 6) is 2.01. The molecule has 1 aliphatic rings. The molecule has 0 saturated carbocycles. The highest BCUT2D eigenvalue weighted by molar-refractivity contribution is 5.74. The zero-order valence-corrected chi connectivity index (χ0v) is 12.2. The minimum atomic E-state index is 0.369. The van der Waals surface area contributed by atoms with Gasteiger partial charge in [-0.05, 0) is 37.0 Å². The van der Waals surface area contributed by atoms with E-state index in [1.54, 1.807) is 21.3 Å². The van der Waals surface area contributed by atoms with Crippen molar-refractivity contribution >= 4 is 5.57 Å². The molecule has 0 amide bonds. The van der Waals surface area contributed by atoms with Crippen LogP contribution >= 0.6 is 0 Å². The van der Waals surface area contributed by atoms with E-state index in [1.165, 1.54) is 16.7 Å². The first-order chi connectivity index (χ1) is 9.26. The number of benzene rings is 1. The van der Waals surface area contributed by atoms with Crippen LogP contribution in [0.15, 0.2) is 18.2 Å². The SMILES string of the molecule is C/C=C1\CC[C@@H](COC)c2c1ccc(OC)c2OC. The van der Waals surface area contributed by atoms with Crippen molar-refractivity contribution in [3.8, 4) is 11.5 Å². The molecule has 1 aromatic rings. The van der Waals surface area contributed by atoms with Crippen LogP contribution in [0.5, 0.6) is 11.5 Å². The number of ether oxygens (including phenoxy) is 3. The first-order valence-electron chi connectivity index (χ1n) is 6.66. The molecule has 0 N–H and O–H groups in total. The molecule has 19 heavy (non-hydrogen) atoms. The van der Waals surface area contributed by atoms with Gasteiger partial charge in [-0.25, -0.2) is 0 Å². The summed E-state index contributed by atoms with van der Waals surface area (Å²) in [4.78, 5) is 0. The van der Waals surface area contributed by atoms with Crippen LogP contribution in [-0.4, -0.2) is 27.9 Å². The Kier molecular flexibility index (Phi) is 4.48. The summed E-state index contributed by atoms with van der Waals surface area (Å²) in [5.41, 5.74) is 3.87. The van der Waals surface area contributed by atoms with Crippen LogP contribution in [0.1, 0.15) is 36.8 Å². The second kappa shape index (κ2) is 6.11. The second-order valence-corrected chi connectivity index (χ2v) is 4.77. The molecule has 3 heteroatoms. The number of allylic oxidation sites excluding steroid dienone is 2. The predicted octanol–water partition coefficient (Wildman–Crippen LogP) is 3.63. The average Bonchev–Trinajstić information content (AvgIpc) is 2.46. The van der Waals surface area contributed by atoms with E-state index in [2.05, 4.69) is 19.1 Å². The van der Waals surface area contributed by atoms with Crippen LogP contribution in [0.25, 0.3) is 5.57 Å². The lowest BCUT2D eigenvalue weighted by atomic mass is 9.79. The third kappa shape index (κ3) is 2.47. The number of fused-ring (bicyclic) bond motifs is 1. The summed E-state index contributed by atoms with van der Waals surface area (Å²) >= 11 is 0. The van der Waals surface area contributed by atoms with Gasteiger partial charge in [0, 0.05) is 18.6 Å². The van der Waals surface area contributed by atoms with Crippen molar-refractivity contribution in [2.45, 2.75) is 25.7 Å². The van der Waals surface area contributed by atoms with Crippen molar-refractivity contribution in [3.05, 3.63) is 29.3 Å². The van der Waals surface area contributed by atoms with E-state index in [9.17, 15) is 0 Å². The molecule has 0 fully saturated rings. The predicted molar refractivity (Wildman–Crippen MR) is 77.0 cm³/mol. The Balaban J connectivity index is 2.60. The third-order valence-corrected chi connectivity index (χ3v) is 3.82. The number of rotatable bonds is 4.